The first-order valence-electron chi connectivity index (χ1n) is 6.72. The van der Waals surface area contributed by atoms with Gasteiger partial charge in [0.15, 0.2) is 0 Å². The van der Waals surface area contributed by atoms with E-state index < -0.39 is 0 Å². The minimum atomic E-state index is 0.624. The maximum Gasteiger partial charge on any atom is 0.128 e. The Kier molecular flexibility index (Phi) is 4.55. The van der Waals surface area contributed by atoms with Gasteiger partial charge in [-0.3, -0.25) is 0 Å². The molecule has 1 fully saturated rings. The molecule has 1 aliphatic rings. The number of nitrogens with zero attached hydrogens (tertiary/aromatic N) is 3. The van der Waals surface area contributed by atoms with E-state index in [9.17, 15) is 0 Å². The Labute approximate surface area is 110 Å². The molecule has 100 valence electrons. The van der Waals surface area contributed by atoms with Gasteiger partial charge in [0.25, 0.3) is 0 Å². The van der Waals surface area contributed by atoms with Crippen molar-refractivity contribution in [1.29, 1.82) is 0 Å². The van der Waals surface area contributed by atoms with Gasteiger partial charge in [0.2, 0.25) is 0 Å². The predicted octanol–water partition coefficient (Wildman–Crippen LogP) is 1.33. The van der Waals surface area contributed by atoms with Gasteiger partial charge < -0.3 is 15.1 Å². The highest BCUT2D eigenvalue weighted by atomic mass is 15.2. The molecule has 0 amide bonds. The summed E-state index contributed by atoms with van der Waals surface area (Å²) in [6.45, 7) is 3.20. The second-order valence-electron chi connectivity index (χ2n) is 5.16. The maximum absolute atomic E-state index is 4.71. The molecule has 0 unspecified atom stereocenters. The van der Waals surface area contributed by atoms with Crippen molar-refractivity contribution in [2.24, 2.45) is 0 Å². The summed E-state index contributed by atoms with van der Waals surface area (Å²) in [6.07, 6.45) is 2.45. The van der Waals surface area contributed by atoms with Crippen LogP contribution in [0.1, 0.15) is 18.5 Å². The number of piperidine rings is 1. The number of hydrogen-bond acceptors (Lipinski definition) is 4. The van der Waals surface area contributed by atoms with Crippen molar-refractivity contribution in [3.05, 3.63) is 23.9 Å². The summed E-state index contributed by atoms with van der Waals surface area (Å²) in [5.41, 5.74) is 1.11. The van der Waals surface area contributed by atoms with Crippen LogP contribution in [0.25, 0.3) is 0 Å². The van der Waals surface area contributed by atoms with Crippen LogP contribution in [0.2, 0.25) is 0 Å². The van der Waals surface area contributed by atoms with Gasteiger partial charge in [-0.1, -0.05) is 6.07 Å². The van der Waals surface area contributed by atoms with Crippen LogP contribution >= 0.6 is 0 Å². The van der Waals surface area contributed by atoms with Gasteiger partial charge in [-0.15, -0.1) is 0 Å². The van der Waals surface area contributed by atoms with Crippen LogP contribution in [0, 0.1) is 0 Å². The quantitative estimate of drug-likeness (QED) is 0.871. The van der Waals surface area contributed by atoms with Gasteiger partial charge in [-0.05, 0) is 52.2 Å². The monoisotopic (exact) mass is 248 g/mol. The second kappa shape index (κ2) is 6.16. The molecule has 18 heavy (non-hydrogen) atoms. The molecule has 0 saturated carbocycles. The van der Waals surface area contributed by atoms with Gasteiger partial charge in [-0.2, -0.15) is 0 Å². The molecule has 1 aromatic rings. The summed E-state index contributed by atoms with van der Waals surface area (Å²) in [6, 6.07) is 6.90. The zero-order chi connectivity index (χ0) is 13.0. The summed E-state index contributed by atoms with van der Waals surface area (Å²) in [4.78, 5) is 9.44. The molecule has 1 saturated heterocycles. The van der Waals surface area contributed by atoms with E-state index in [0.717, 1.165) is 18.1 Å². The zero-order valence-corrected chi connectivity index (χ0v) is 11.7. The van der Waals surface area contributed by atoms with Crippen LogP contribution in [0.3, 0.4) is 0 Å². The van der Waals surface area contributed by atoms with Crippen molar-refractivity contribution >= 4 is 5.82 Å². The molecule has 0 radical (unpaired) electrons. The topological polar surface area (TPSA) is 31.4 Å². The number of rotatable bonds is 4. The summed E-state index contributed by atoms with van der Waals surface area (Å²) in [5, 5.41) is 3.15. The third-order valence-electron chi connectivity index (χ3n) is 3.75. The summed E-state index contributed by atoms with van der Waals surface area (Å²) in [7, 11) is 6.32. The van der Waals surface area contributed by atoms with Crippen molar-refractivity contribution in [2.45, 2.75) is 25.4 Å². The van der Waals surface area contributed by atoms with Crippen molar-refractivity contribution in [3.63, 3.8) is 0 Å². The summed E-state index contributed by atoms with van der Waals surface area (Å²) >= 11 is 0. The summed E-state index contributed by atoms with van der Waals surface area (Å²) in [5.74, 6) is 1.09. The molecule has 1 aliphatic heterocycles. The van der Waals surface area contributed by atoms with Gasteiger partial charge in [-0.25, -0.2) is 4.98 Å². The van der Waals surface area contributed by atoms with Crippen molar-refractivity contribution in [2.75, 3.05) is 39.1 Å². The van der Waals surface area contributed by atoms with Crippen LogP contribution in [0.5, 0.6) is 0 Å². The van der Waals surface area contributed by atoms with E-state index in [0.29, 0.717) is 6.04 Å². The molecule has 2 rings (SSSR count). The minimum Gasteiger partial charge on any atom is -0.357 e. The number of aromatic nitrogens is 1. The Morgan fingerprint density at radius 1 is 1.39 bits per heavy atom. The standard InChI is InChI=1S/C14H24N4/c1-15-11-12-5-4-6-14(16-12)18(3)13-7-9-17(2)10-8-13/h4-6,13,15H,7-11H2,1-3H3. The van der Waals surface area contributed by atoms with E-state index in [4.69, 9.17) is 4.98 Å². The third-order valence-corrected chi connectivity index (χ3v) is 3.75. The molecule has 4 nitrogen and oxygen atoms in total. The van der Waals surface area contributed by atoms with E-state index >= 15 is 0 Å². The van der Waals surface area contributed by atoms with Crippen molar-refractivity contribution < 1.29 is 0 Å². The molecule has 0 aliphatic carbocycles. The number of pyridine rings is 1. The van der Waals surface area contributed by atoms with Crippen molar-refractivity contribution in [3.8, 4) is 0 Å². The lowest BCUT2D eigenvalue weighted by atomic mass is 10.0. The van der Waals surface area contributed by atoms with Gasteiger partial charge in [0.05, 0.1) is 5.69 Å². The first-order valence-corrected chi connectivity index (χ1v) is 6.72. The molecule has 2 heterocycles. The molecular weight excluding hydrogens is 224 g/mol. The number of likely N-dealkylation sites (tertiary alicyclic amines) is 1. The second-order valence-corrected chi connectivity index (χ2v) is 5.16. The Hall–Kier alpha value is -1.13. The van der Waals surface area contributed by atoms with E-state index in [-0.39, 0.29) is 0 Å². The SMILES string of the molecule is CNCc1cccc(N(C)C2CCN(C)CC2)n1. The van der Waals surface area contributed by atoms with Crippen LogP contribution in [0.15, 0.2) is 18.2 Å². The normalized spacial score (nSPS) is 17.9. The minimum absolute atomic E-state index is 0.624. The fraction of sp³-hybridized carbons (Fsp3) is 0.643. The highest BCUT2D eigenvalue weighted by Crippen LogP contribution is 2.20. The van der Waals surface area contributed by atoms with E-state index in [1.54, 1.807) is 0 Å². The molecule has 0 atom stereocenters. The fourth-order valence-electron chi connectivity index (χ4n) is 2.51. The highest BCUT2D eigenvalue weighted by Gasteiger charge is 2.21. The first-order chi connectivity index (χ1) is 8.70. The van der Waals surface area contributed by atoms with Crippen molar-refractivity contribution in [1.82, 2.24) is 15.2 Å². The number of hydrogen-bond donors (Lipinski definition) is 1. The largest absolute Gasteiger partial charge is 0.357 e. The van der Waals surface area contributed by atoms with Gasteiger partial charge in [0.1, 0.15) is 5.82 Å². The molecule has 4 heteroatoms. The molecule has 0 spiro atoms. The van der Waals surface area contributed by atoms with Crippen LogP contribution in [-0.4, -0.2) is 50.2 Å². The van der Waals surface area contributed by atoms with Gasteiger partial charge >= 0.3 is 0 Å². The smallest absolute Gasteiger partial charge is 0.128 e. The van der Waals surface area contributed by atoms with E-state index in [1.807, 2.05) is 7.05 Å². The molecule has 1 N–H and O–H groups in total. The van der Waals surface area contributed by atoms with Crippen LogP contribution in [0.4, 0.5) is 5.82 Å². The number of anilines is 1. The van der Waals surface area contributed by atoms with Crippen LogP contribution < -0.4 is 10.2 Å². The van der Waals surface area contributed by atoms with Crippen LogP contribution in [-0.2, 0) is 6.54 Å². The van der Waals surface area contributed by atoms with E-state index in [2.05, 4.69) is 47.4 Å². The zero-order valence-electron chi connectivity index (χ0n) is 11.7. The highest BCUT2D eigenvalue weighted by molar-refractivity contribution is 5.39. The Morgan fingerprint density at radius 2 is 2.11 bits per heavy atom. The lowest BCUT2D eigenvalue weighted by Crippen LogP contribution is -2.42. The molecular formula is C14H24N4. The molecule has 1 aromatic heterocycles. The Morgan fingerprint density at radius 3 is 2.78 bits per heavy atom. The van der Waals surface area contributed by atoms with E-state index in [1.165, 1.54) is 25.9 Å². The molecule has 0 bridgehead atoms. The summed E-state index contributed by atoms with van der Waals surface area (Å²) < 4.78 is 0. The average Bonchev–Trinajstić information content (AvgIpc) is 2.39. The number of nitrogens with one attached hydrogen (secondary N) is 1. The maximum atomic E-state index is 4.71. The lowest BCUT2D eigenvalue weighted by molar-refractivity contribution is 0.252. The Bertz CT molecular complexity index is 372. The fourth-order valence-corrected chi connectivity index (χ4v) is 2.51. The Balaban J connectivity index is 2.03. The lowest BCUT2D eigenvalue weighted by Gasteiger charge is -2.35. The predicted molar refractivity (Wildman–Crippen MR) is 75.9 cm³/mol. The first kappa shape index (κ1) is 13.3. The molecule has 0 aromatic carbocycles. The third kappa shape index (κ3) is 3.21. The average molecular weight is 248 g/mol. The van der Waals surface area contributed by atoms with Gasteiger partial charge in [0, 0.05) is 19.6 Å².